The molecule has 0 spiro atoms. The van der Waals surface area contributed by atoms with Crippen molar-refractivity contribution in [2.24, 2.45) is 22.9 Å². The maximum Gasteiger partial charge on any atom is 0.230 e. The Balaban J connectivity index is 1.22. The summed E-state index contributed by atoms with van der Waals surface area (Å²) >= 11 is 1.87. The smallest absolute Gasteiger partial charge is 0.230 e. The fourth-order valence-corrected chi connectivity index (χ4v) is 11.2. The summed E-state index contributed by atoms with van der Waals surface area (Å²) in [4.78, 5) is 10.5. The van der Waals surface area contributed by atoms with E-state index in [1.54, 1.807) is 0 Å². The molecular formula is C51H60N2O7S. The summed E-state index contributed by atoms with van der Waals surface area (Å²) in [7, 11) is 0. The van der Waals surface area contributed by atoms with Crippen molar-refractivity contribution in [2.75, 3.05) is 32.2 Å². The molecule has 9 nitrogen and oxygen atoms in total. The van der Waals surface area contributed by atoms with Gasteiger partial charge in [0, 0.05) is 49.9 Å². The molecule has 61 heavy (non-hydrogen) atoms. The zero-order chi connectivity index (χ0) is 41.9. The van der Waals surface area contributed by atoms with Gasteiger partial charge in [-0.1, -0.05) is 72.6 Å². The Kier molecular flexibility index (Phi) is 14.9. The number of benzene rings is 3. The number of oxime groups is 1. The van der Waals surface area contributed by atoms with E-state index < -0.39 is 5.79 Å². The minimum Gasteiger partial charge on any atom is -0.460 e. The highest BCUT2D eigenvalue weighted by Crippen LogP contribution is 2.62. The van der Waals surface area contributed by atoms with Crippen LogP contribution in [0.4, 0.5) is 0 Å². The number of hydrogen-bond acceptors (Lipinski definition) is 10. The van der Waals surface area contributed by atoms with Gasteiger partial charge in [0.15, 0.2) is 0 Å². The van der Waals surface area contributed by atoms with Crippen LogP contribution in [-0.2, 0) is 20.7 Å². The third-order valence-electron chi connectivity index (χ3n) is 12.7. The molecule has 0 amide bonds. The quantitative estimate of drug-likeness (QED) is 0.0510. The Bertz CT molecular complexity index is 2070. The van der Waals surface area contributed by atoms with Gasteiger partial charge < -0.3 is 34.0 Å². The largest absolute Gasteiger partial charge is 0.460 e. The van der Waals surface area contributed by atoms with Crippen LogP contribution in [0.2, 0.25) is 0 Å². The summed E-state index contributed by atoms with van der Waals surface area (Å²) in [6.45, 7) is 5.39. The molecule has 8 rings (SSSR count). The van der Waals surface area contributed by atoms with Gasteiger partial charge in [0.2, 0.25) is 12.1 Å². The summed E-state index contributed by atoms with van der Waals surface area (Å²) in [6, 6.07) is 29.0. The lowest BCUT2D eigenvalue weighted by Gasteiger charge is -2.58. The number of rotatable bonds is 20. The number of aliphatic hydroxyl groups excluding tert-OH is 2. The first kappa shape index (κ1) is 43.2. The van der Waals surface area contributed by atoms with E-state index in [1.165, 1.54) is 5.56 Å². The molecule has 322 valence electrons. The van der Waals surface area contributed by atoms with Gasteiger partial charge in [-0.15, -0.1) is 6.58 Å². The van der Waals surface area contributed by atoms with Crippen molar-refractivity contribution in [3.63, 3.8) is 0 Å². The van der Waals surface area contributed by atoms with Crippen molar-refractivity contribution in [1.82, 2.24) is 4.98 Å². The van der Waals surface area contributed by atoms with Crippen molar-refractivity contribution in [2.45, 2.75) is 93.9 Å². The molecule has 3 aromatic carbocycles. The van der Waals surface area contributed by atoms with Gasteiger partial charge in [-0.2, -0.15) is 11.8 Å². The van der Waals surface area contributed by atoms with Gasteiger partial charge in [-0.25, -0.2) is 0 Å². The highest BCUT2D eigenvalue weighted by atomic mass is 32.2. The van der Waals surface area contributed by atoms with Crippen molar-refractivity contribution in [1.29, 1.82) is 0 Å². The summed E-state index contributed by atoms with van der Waals surface area (Å²) in [5.74, 6) is 2.22. The zero-order valence-electron chi connectivity index (χ0n) is 35.1. The normalized spacial score (nSPS) is 26.1. The number of unbranched alkanes of at least 4 members (excludes halogenated alkanes) is 2. The first-order valence-corrected chi connectivity index (χ1v) is 23.3. The fraction of sp³-hybridized carbons (Fsp3) is 0.451. The van der Waals surface area contributed by atoms with Gasteiger partial charge in [0.25, 0.3) is 0 Å². The van der Waals surface area contributed by atoms with E-state index in [4.69, 9.17) is 28.9 Å². The molecule has 2 N–H and O–H groups in total. The second kappa shape index (κ2) is 21.1. The molecule has 2 fully saturated rings. The number of hydrogen-bond donors (Lipinski definition) is 2. The van der Waals surface area contributed by atoms with E-state index in [9.17, 15) is 10.2 Å². The van der Waals surface area contributed by atoms with E-state index in [0.717, 1.165) is 115 Å². The predicted octanol–water partition coefficient (Wildman–Crippen LogP) is 10.7. The maximum atomic E-state index is 10.0. The summed E-state index contributed by atoms with van der Waals surface area (Å²) in [5, 5.41) is 24.8. The molecule has 2 aliphatic carbocycles. The zero-order valence-corrected chi connectivity index (χ0v) is 35.9. The van der Waals surface area contributed by atoms with Crippen molar-refractivity contribution in [3.8, 4) is 28.4 Å². The second-order valence-corrected chi connectivity index (χ2v) is 17.9. The third kappa shape index (κ3) is 10.1. The minimum absolute atomic E-state index is 0.0323. The van der Waals surface area contributed by atoms with Crippen molar-refractivity contribution in [3.05, 3.63) is 133 Å². The molecule has 2 aliphatic heterocycles. The molecule has 4 aliphatic rings. The first-order chi connectivity index (χ1) is 30.1. The van der Waals surface area contributed by atoms with Crippen LogP contribution in [0, 0.1) is 17.8 Å². The molecule has 7 unspecified atom stereocenters. The number of allylic oxidation sites excluding steroid dienone is 1. The average molecular weight is 845 g/mol. The van der Waals surface area contributed by atoms with E-state index in [2.05, 4.69) is 78.3 Å². The molecule has 1 saturated heterocycles. The van der Waals surface area contributed by atoms with Gasteiger partial charge in [0.1, 0.15) is 17.2 Å². The number of thioether (sulfide) groups is 1. The maximum absolute atomic E-state index is 10.0. The Labute approximate surface area is 365 Å². The lowest BCUT2D eigenvalue weighted by atomic mass is 9.56. The average Bonchev–Trinajstić information content (AvgIpc) is 3.30. The van der Waals surface area contributed by atoms with Crippen LogP contribution in [0.15, 0.2) is 127 Å². The summed E-state index contributed by atoms with van der Waals surface area (Å²) < 4.78 is 27.2. The molecule has 1 aromatic heterocycles. The molecular weight excluding hydrogens is 785 g/mol. The van der Waals surface area contributed by atoms with E-state index in [1.807, 2.05) is 54.5 Å². The topological polar surface area (TPSA) is 112 Å². The van der Waals surface area contributed by atoms with Crippen LogP contribution in [0.5, 0.6) is 17.2 Å². The fourth-order valence-electron chi connectivity index (χ4n) is 9.81. The number of aryl methyl sites for hydroxylation is 1. The Hall–Kier alpha value is -4.45. The third-order valence-corrected chi connectivity index (χ3v) is 14.0. The summed E-state index contributed by atoms with van der Waals surface area (Å²) in [6.07, 6.45) is 17.0. The number of aliphatic hydroxyl groups is 2. The van der Waals surface area contributed by atoms with Crippen molar-refractivity contribution >= 4 is 17.5 Å². The SMILES string of the molecule is C=CCOC12Oc3ccc(Oc4ccc(-c5ccccc5)cc4)cc3C3C(CCCCO)C(CCCCO)C=C(C(=NOC4CCCCO4)CC1SCCc1ccncc1)C32. The van der Waals surface area contributed by atoms with Crippen molar-refractivity contribution < 1.29 is 34.0 Å². The number of nitrogens with zero attached hydrogens (tertiary/aromatic N) is 2. The number of aromatic nitrogens is 1. The lowest BCUT2D eigenvalue weighted by Crippen LogP contribution is -2.64. The number of fused-ring (bicyclic) bond motifs is 2. The number of pyridine rings is 1. The highest BCUT2D eigenvalue weighted by Gasteiger charge is 2.64. The van der Waals surface area contributed by atoms with Crippen LogP contribution in [0.25, 0.3) is 11.1 Å². The molecule has 1 saturated carbocycles. The van der Waals surface area contributed by atoms with E-state index in [-0.39, 0.29) is 48.4 Å². The summed E-state index contributed by atoms with van der Waals surface area (Å²) in [5.41, 5.74) is 6.63. The van der Waals surface area contributed by atoms with E-state index in [0.29, 0.717) is 19.6 Å². The molecule has 4 aromatic rings. The molecule has 10 heteroatoms. The van der Waals surface area contributed by atoms with Crippen LogP contribution < -0.4 is 9.47 Å². The van der Waals surface area contributed by atoms with Crippen LogP contribution >= 0.6 is 11.8 Å². The molecule has 3 heterocycles. The van der Waals surface area contributed by atoms with Crippen LogP contribution in [-0.4, -0.2) is 70.4 Å². The lowest BCUT2D eigenvalue weighted by molar-refractivity contribution is -0.223. The number of ether oxygens (including phenoxy) is 4. The highest BCUT2D eigenvalue weighted by molar-refractivity contribution is 8.00. The standard InChI is InChI=1S/C51H60N2O7S/c1-2-30-57-51-47(61-32-25-36-23-26-52-27-24-36)35-45(53-60-48-16-8-11-31-56-48)43-33-39(14-6-9-28-54)42(15-7-10-29-55)49(50(43)51)44-34-41(21-22-46(44)59-51)58-40-19-17-38(18-20-40)37-12-4-3-5-13-37/h2-5,12-13,17-24,26-27,33-34,39,42,47-50,54-55H,1,6-11,14-16,25,28-32,35H2. The predicted molar refractivity (Wildman–Crippen MR) is 242 cm³/mol. The van der Waals surface area contributed by atoms with Gasteiger partial charge in [0.05, 0.1) is 30.1 Å². The van der Waals surface area contributed by atoms with E-state index >= 15 is 0 Å². The van der Waals surface area contributed by atoms with Gasteiger partial charge >= 0.3 is 0 Å². The Morgan fingerprint density at radius 1 is 0.885 bits per heavy atom. The van der Waals surface area contributed by atoms with Crippen LogP contribution in [0.1, 0.15) is 81.3 Å². The Morgan fingerprint density at radius 3 is 2.41 bits per heavy atom. The second-order valence-electron chi connectivity index (χ2n) is 16.6. The minimum atomic E-state index is -1.04. The monoisotopic (exact) mass is 844 g/mol. The molecule has 7 atom stereocenters. The van der Waals surface area contributed by atoms with Gasteiger partial charge in [-0.05, 0) is 127 Å². The Morgan fingerprint density at radius 2 is 1.66 bits per heavy atom. The first-order valence-electron chi connectivity index (χ1n) is 22.3. The molecule has 0 radical (unpaired) electrons. The van der Waals surface area contributed by atoms with Crippen LogP contribution in [0.3, 0.4) is 0 Å². The van der Waals surface area contributed by atoms with Gasteiger partial charge in [-0.3, -0.25) is 4.98 Å². The molecule has 0 bridgehead atoms.